The highest BCUT2D eigenvalue weighted by Gasteiger charge is 2.54. The molecule has 2 atom stereocenters. The number of nitrogen functional groups attached to an aromatic ring is 1. The fraction of sp³-hybridized carbons (Fsp3) is 0.632. The van der Waals surface area contributed by atoms with Gasteiger partial charge in [0.1, 0.15) is 5.82 Å². The zero-order valence-corrected chi connectivity index (χ0v) is 14.5. The van der Waals surface area contributed by atoms with E-state index in [1.807, 2.05) is 6.07 Å². The molecule has 2 saturated carbocycles. The lowest BCUT2D eigenvalue weighted by molar-refractivity contribution is 0.244. The van der Waals surface area contributed by atoms with Crippen LogP contribution in [0.15, 0.2) is 22.9 Å². The molecule has 6 nitrogen and oxygen atoms in total. The summed E-state index contributed by atoms with van der Waals surface area (Å²) in [6.07, 6.45) is 9.03. The second kappa shape index (κ2) is 5.80. The van der Waals surface area contributed by atoms with E-state index in [1.165, 1.54) is 25.7 Å². The fourth-order valence-electron chi connectivity index (χ4n) is 4.81. The van der Waals surface area contributed by atoms with Gasteiger partial charge in [0, 0.05) is 37.8 Å². The topological polar surface area (TPSA) is 81.1 Å². The van der Waals surface area contributed by atoms with Gasteiger partial charge >= 0.3 is 0 Å². The molecule has 0 aromatic carbocycles. The molecule has 0 spiro atoms. The van der Waals surface area contributed by atoms with Gasteiger partial charge in [0.25, 0.3) is 0 Å². The zero-order chi connectivity index (χ0) is 16.9. The number of nitrogens with two attached hydrogens (primary N) is 1. The molecule has 2 aromatic rings. The highest BCUT2D eigenvalue weighted by molar-refractivity contribution is 5.38. The minimum atomic E-state index is 0.0474. The Morgan fingerprint density at radius 2 is 2.24 bits per heavy atom. The monoisotopic (exact) mass is 339 g/mol. The minimum Gasteiger partial charge on any atom is -0.383 e. The van der Waals surface area contributed by atoms with Gasteiger partial charge in [0.05, 0.1) is 5.41 Å². The highest BCUT2D eigenvalue weighted by atomic mass is 16.5. The molecule has 2 aliphatic carbocycles. The summed E-state index contributed by atoms with van der Waals surface area (Å²) in [7, 11) is 0. The molecular weight excluding hydrogens is 314 g/mol. The molecule has 3 fully saturated rings. The third kappa shape index (κ3) is 2.72. The molecule has 25 heavy (non-hydrogen) atoms. The fourth-order valence-corrected chi connectivity index (χ4v) is 4.81. The summed E-state index contributed by atoms with van der Waals surface area (Å²) in [5, 5.41) is 4.28. The van der Waals surface area contributed by atoms with Crippen LogP contribution in [0.5, 0.6) is 0 Å². The van der Waals surface area contributed by atoms with Gasteiger partial charge in [-0.1, -0.05) is 17.6 Å². The third-order valence-electron chi connectivity index (χ3n) is 6.32. The lowest BCUT2D eigenvalue weighted by Crippen LogP contribution is -2.32. The quantitative estimate of drug-likeness (QED) is 0.901. The number of hydrogen-bond donors (Lipinski definition) is 1. The van der Waals surface area contributed by atoms with Gasteiger partial charge in [-0.2, -0.15) is 4.98 Å². The molecule has 0 amide bonds. The Kier molecular flexibility index (Phi) is 3.55. The van der Waals surface area contributed by atoms with Gasteiger partial charge in [0.2, 0.25) is 5.89 Å². The summed E-state index contributed by atoms with van der Waals surface area (Å²) < 4.78 is 5.78. The summed E-state index contributed by atoms with van der Waals surface area (Å²) >= 11 is 0. The number of likely N-dealkylation sites (tertiary alicyclic amines) is 1. The van der Waals surface area contributed by atoms with Crippen LogP contribution in [0.4, 0.5) is 5.82 Å². The van der Waals surface area contributed by atoms with Crippen LogP contribution in [0, 0.1) is 11.8 Å². The SMILES string of the molecule is Nc1ncccc1CN1C[C@H]2CCC[C@@]2(c2nc(CC3CC3)no2)C1. The first-order chi connectivity index (χ1) is 12.2. The molecule has 6 heteroatoms. The molecule has 1 saturated heterocycles. The highest BCUT2D eigenvalue weighted by Crippen LogP contribution is 2.50. The maximum Gasteiger partial charge on any atom is 0.234 e. The lowest BCUT2D eigenvalue weighted by atomic mass is 9.80. The minimum absolute atomic E-state index is 0.0474. The summed E-state index contributed by atoms with van der Waals surface area (Å²) in [5.74, 6) is 3.83. The van der Waals surface area contributed by atoms with Gasteiger partial charge < -0.3 is 10.3 Å². The van der Waals surface area contributed by atoms with Crippen LogP contribution in [0.2, 0.25) is 0 Å². The van der Waals surface area contributed by atoms with E-state index >= 15 is 0 Å². The van der Waals surface area contributed by atoms with E-state index in [2.05, 4.69) is 21.1 Å². The van der Waals surface area contributed by atoms with E-state index in [0.717, 1.165) is 55.7 Å². The second-order valence-electron chi connectivity index (χ2n) is 8.13. The van der Waals surface area contributed by atoms with Gasteiger partial charge in [-0.25, -0.2) is 4.98 Å². The summed E-state index contributed by atoms with van der Waals surface area (Å²) in [6.45, 7) is 2.91. The van der Waals surface area contributed by atoms with E-state index in [0.29, 0.717) is 11.7 Å². The van der Waals surface area contributed by atoms with Crippen LogP contribution in [0.3, 0.4) is 0 Å². The summed E-state index contributed by atoms with van der Waals surface area (Å²) in [6, 6.07) is 4.03. The van der Waals surface area contributed by atoms with Crippen molar-refractivity contribution >= 4 is 5.82 Å². The molecule has 5 rings (SSSR count). The molecular formula is C19H25N5O. The third-order valence-corrected chi connectivity index (χ3v) is 6.32. The average molecular weight is 339 g/mol. The van der Waals surface area contributed by atoms with Gasteiger partial charge in [-0.15, -0.1) is 0 Å². The van der Waals surface area contributed by atoms with Crippen LogP contribution in [-0.4, -0.2) is 33.1 Å². The first-order valence-corrected chi connectivity index (χ1v) is 9.48. The van der Waals surface area contributed by atoms with Crippen LogP contribution in [0.1, 0.15) is 49.4 Å². The van der Waals surface area contributed by atoms with Gasteiger partial charge in [-0.3, -0.25) is 4.90 Å². The first kappa shape index (κ1) is 15.3. The van der Waals surface area contributed by atoms with Crippen LogP contribution in [-0.2, 0) is 18.4 Å². The Morgan fingerprint density at radius 1 is 1.32 bits per heavy atom. The number of hydrogen-bond acceptors (Lipinski definition) is 6. The Bertz CT molecular complexity index is 771. The van der Waals surface area contributed by atoms with E-state index < -0.39 is 0 Å². The largest absolute Gasteiger partial charge is 0.383 e. The molecule has 1 aliphatic heterocycles. The Morgan fingerprint density at radius 3 is 3.08 bits per heavy atom. The normalized spacial score (nSPS) is 29.2. The first-order valence-electron chi connectivity index (χ1n) is 9.48. The van der Waals surface area contributed by atoms with Gasteiger partial charge in [-0.05, 0) is 43.6 Å². The Balaban J connectivity index is 1.36. The molecule has 3 heterocycles. The van der Waals surface area contributed by atoms with Crippen molar-refractivity contribution in [3.05, 3.63) is 35.6 Å². The smallest absolute Gasteiger partial charge is 0.234 e. The molecule has 132 valence electrons. The number of aromatic nitrogens is 3. The van der Waals surface area contributed by atoms with Crippen molar-refractivity contribution in [2.75, 3.05) is 18.8 Å². The number of rotatable bonds is 5. The molecule has 2 N–H and O–H groups in total. The van der Waals surface area contributed by atoms with E-state index in [9.17, 15) is 0 Å². The summed E-state index contributed by atoms with van der Waals surface area (Å²) in [5.41, 5.74) is 7.19. The predicted octanol–water partition coefficient (Wildman–Crippen LogP) is 2.55. The van der Waals surface area contributed by atoms with Crippen molar-refractivity contribution in [1.82, 2.24) is 20.0 Å². The number of anilines is 1. The maximum atomic E-state index is 6.04. The summed E-state index contributed by atoms with van der Waals surface area (Å²) in [4.78, 5) is 11.5. The predicted molar refractivity (Wildman–Crippen MR) is 93.7 cm³/mol. The molecule has 0 radical (unpaired) electrons. The molecule has 0 bridgehead atoms. The molecule has 2 aromatic heterocycles. The zero-order valence-electron chi connectivity index (χ0n) is 14.5. The Labute approximate surface area is 147 Å². The van der Waals surface area contributed by atoms with E-state index in [4.69, 9.17) is 15.2 Å². The van der Waals surface area contributed by atoms with E-state index in [1.54, 1.807) is 6.20 Å². The Hall–Kier alpha value is -1.95. The van der Waals surface area contributed by atoms with Crippen molar-refractivity contribution in [2.45, 2.75) is 50.5 Å². The lowest BCUT2D eigenvalue weighted by Gasteiger charge is -2.24. The van der Waals surface area contributed by atoms with Crippen molar-refractivity contribution in [2.24, 2.45) is 11.8 Å². The van der Waals surface area contributed by atoms with Crippen molar-refractivity contribution in [1.29, 1.82) is 0 Å². The second-order valence-corrected chi connectivity index (χ2v) is 8.13. The number of nitrogens with zero attached hydrogens (tertiary/aromatic N) is 4. The van der Waals surface area contributed by atoms with Crippen molar-refractivity contribution < 1.29 is 4.52 Å². The molecule has 0 unspecified atom stereocenters. The standard InChI is InChI=1S/C19H25N5O/c20-17-14(3-2-8-21-17)10-24-11-15-4-1-7-19(15,12-24)18-22-16(23-25-18)9-13-5-6-13/h2-3,8,13,15H,1,4-7,9-12H2,(H2,20,21)/t15-,19-/m1/s1. The molecule has 3 aliphatic rings. The average Bonchev–Trinajstić information content (AvgIpc) is 2.99. The van der Waals surface area contributed by atoms with E-state index in [-0.39, 0.29) is 5.41 Å². The van der Waals surface area contributed by atoms with Crippen molar-refractivity contribution in [3.63, 3.8) is 0 Å². The van der Waals surface area contributed by atoms with Crippen LogP contribution in [0.25, 0.3) is 0 Å². The van der Waals surface area contributed by atoms with Crippen LogP contribution < -0.4 is 5.73 Å². The number of fused-ring (bicyclic) bond motifs is 1. The van der Waals surface area contributed by atoms with Crippen molar-refractivity contribution in [3.8, 4) is 0 Å². The number of pyridine rings is 1. The van der Waals surface area contributed by atoms with Gasteiger partial charge in [0.15, 0.2) is 5.82 Å². The van der Waals surface area contributed by atoms with Crippen LogP contribution >= 0.6 is 0 Å². The maximum absolute atomic E-state index is 6.04.